The van der Waals surface area contributed by atoms with E-state index in [1.54, 1.807) is 0 Å². The van der Waals surface area contributed by atoms with E-state index in [9.17, 15) is 0 Å². The van der Waals surface area contributed by atoms with E-state index in [4.69, 9.17) is 11.6 Å². The summed E-state index contributed by atoms with van der Waals surface area (Å²) < 4.78 is 1.05. The molecule has 0 saturated heterocycles. The average Bonchev–Trinajstić information content (AvgIpc) is 2.71. The maximum absolute atomic E-state index is 6.82. The van der Waals surface area contributed by atoms with Gasteiger partial charge in [-0.2, -0.15) is 0 Å². The lowest BCUT2D eigenvalue weighted by molar-refractivity contribution is 1.53. The zero-order valence-electron chi connectivity index (χ0n) is 14.0. The van der Waals surface area contributed by atoms with Crippen LogP contribution in [0.4, 0.5) is 0 Å². The van der Waals surface area contributed by atoms with Crippen LogP contribution in [0.25, 0.3) is 33.4 Å². The van der Waals surface area contributed by atoms with E-state index in [1.165, 1.54) is 0 Å². The Bertz CT molecular complexity index is 1030. The van der Waals surface area contributed by atoms with Crippen molar-refractivity contribution in [2.45, 2.75) is 0 Å². The van der Waals surface area contributed by atoms with Crippen LogP contribution in [0.2, 0.25) is 5.02 Å². The van der Waals surface area contributed by atoms with Crippen molar-refractivity contribution in [1.29, 1.82) is 0 Å². The predicted octanol–water partition coefficient (Wildman–Crippen LogP) is 8.10. The lowest BCUT2D eigenvalue weighted by Crippen LogP contribution is -1.92. The highest BCUT2D eigenvalue weighted by molar-refractivity contribution is 9.10. The highest BCUT2D eigenvalue weighted by Gasteiger charge is 2.19. The molecule has 0 N–H and O–H groups in total. The van der Waals surface area contributed by atoms with Crippen LogP contribution in [0.5, 0.6) is 0 Å². The van der Waals surface area contributed by atoms with Crippen molar-refractivity contribution in [3.8, 4) is 33.4 Å². The molecule has 126 valence electrons. The third-order valence-electron chi connectivity index (χ3n) is 4.43. The van der Waals surface area contributed by atoms with Gasteiger partial charge >= 0.3 is 0 Å². The van der Waals surface area contributed by atoms with Crippen LogP contribution < -0.4 is 0 Å². The fourth-order valence-electron chi connectivity index (χ4n) is 3.22. The van der Waals surface area contributed by atoms with Gasteiger partial charge < -0.3 is 0 Å². The summed E-state index contributed by atoms with van der Waals surface area (Å²) in [7, 11) is 0. The first-order valence-electron chi connectivity index (χ1n) is 8.44. The van der Waals surface area contributed by atoms with E-state index < -0.39 is 0 Å². The van der Waals surface area contributed by atoms with Crippen LogP contribution in [-0.2, 0) is 0 Å². The first kappa shape index (κ1) is 17.1. The highest BCUT2D eigenvalue weighted by atomic mass is 79.9. The number of rotatable bonds is 3. The predicted molar refractivity (Wildman–Crippen MR) is 115 cm³/mol. The van der Waals surface area contributed by atoms with Crippen molar-refractivity contribution in [2.75, 3.05) is 0 Å². The molecule has 0 fully saturated rings. The summed E-state index contributed by atoms with van der Waals surface area (Å²) in [6.07, 6.45) is 0. The molecule has 0 amide bonds. The van der Waals surface area contributed by atoms with Crippen LogP contribution in [0.1, 0.15) is 0 Å². The minimum Gasteiger partial charge on any atom is -0.0836 e. The molecule has 0 saturated carbocycles. The van der Waals surface area contributed by atoms with E-state index in [-0.39, 0.29) is 0 Å². The average molecular weight is 420 g/mol. The Balaban J connectivity index is 2.06. The van der Waals surface area contributed by atoms with Gasteiger partial charge in [0.1, 0.15) is 0 Å². The molecule has 0 nitrogen and oxygen atoms in total. The Morgan fingerprint density at radius 2 is 0.962 bits per heavy atom. The second kappa shape index (κ2) is 7.49. The molecule has 0 aromatic heterocycles. The summed E-state index contributed by atoms with van der Waals surface area (Å²) in [6, 6.07) is 33.1. The summed E-state index contributed by atoms with van der Waals surface area (Å²) in [6.45, 7) is 0. The van der Waals surface area contributed by atoms with Crippen LogP contribution in [-0.4, -0.2) is 0 Å². The summed E-state index contributed by atoms with van der Waals surface area (Å²) in [4.78, 5) is 0. The molecule has 2 heteroatoms. The van der Waals surface area contributed by atoms with Gasteiger partial charge in [-0.25, -0.2) is 0 Å². The molecule has 4 rings (SSSR count). The maximum Gasteiger partial charge on any atom is 0.0497 e. The molecular weight excluding hydrogens is 404 g/mol. The van der Waals surface area contributed by atoms with Gasteiger partial charge in [0.2, 0.25) is 0 Å². The first-order chi connectivity index (χ1) is 12.8. The molecule has 0 atom stereocenters. The van der Waals surface area contributed by atoms with Crippen LogP contribution in [0.15, 0.2) is 102 Å². The second-order valence-electron chi connectivity index (χ2n) is 6.07. The first-order valence-corrected chi connectivity index (χ1v) is 9.61. The third kappa shape index (κ3) is 3.21. The third-order valence-corrected chi connectivity index (χ3v) is 5.55. The van der Waals surface area contributed by atoms with Gasteiger partial charge in [-0.15, -0.1) is 0 Å². The largest absolute Gasteiger partial charge is 0.0836 e. The molecule has 0 bridgehead atoms. The van der Waals surface area contributed by atoms with Crippen LogP contribution in [0, 0.1) is 0 Å². The van der Waals surface area contributed by atoms with Gasteiger partial charge in [-0.3, -0.25) is 0 Å². The Labute approximate surface area is 167 Å². The zero-order valence-corrected chi connectivity index (χ0v) is 16.3. The summed E-state index contributed by atoms with van der Waals surface area (Å²) >= 11 is 10.7. The van der Waals surface area contributed by atoms with Gasteiger partial charge in [0.05, 0.1) is 0 Å². The van der Waals surface area contributed by atoms with E-state index in [2.05, 4.69) is 70.5 Å². The molecule has 0 spiro atoms. The molecule has 0 aliphatic heterocycles. The molecule has 4 aromatic rings. The van der Waals surface area contributed by atoms with Crippen LogP contribution in [0.3, 0.4) is 0 Å². The lowest BCUT2D eigenvalue weighted by Gasteiger charge is -2.18. The molecule has 26 heavy (non-hydrogen) atoms. The number of halogens is 2. The van der Waals surface area contributed by atoms with Crippen molar-refractivity contribution < 1.29 is 0 Å². The van der Waals surface area contributed by atoms with E-state index in [0.29, 0.717) is 0 Å². The van der Waals surface area contributed by atoms with E-state index in [1.807, 2.05) is 42.5 Å². The lowest BCUT2D eigenvalue weighted by atomic mass is 9.91. The fraction of sp³-hybridized carbons (Fsp3) is 0. The second-order valence-corrected chi connectivity index (χ2v) is 7.27. The summed E-state index contributed by atoms with van der Waals surface area (Å²) in [5.41, 5.74) is 6.63. The number of hydrogen-bond donors (Lipinski definition) is 0. The standard InChI is InChI=1S/C24H16BrCl/c25-24-20(17-10-4-1-5-11-17)16-21(26)22(18-12-6-2-7-13-18)23(24)19-14-8-3-9-15-19/h1-16H. The maximum atomic E-state index is 6.82. The summed E-state index contributed by atoms with van der Waals surface area (Å²) in [5, 5.41) is 0.747. The monoisotopic (exact) mass is 418 g/mol. The minimum absolute atomic E-state index is 0.747. The van der Waals surface area contributed by atoms with Gasteiger partial charge in [0, 0.05) is 20.6 Å². The Kier molecular flexibility index (Phi) is 4.92. The van der Waals surface area contributed by atoms with Gasteiger partial charge in [-0.05, 0) is 44.3 Å². The molecular formula is C24H16BrCl. The quantitative estimate of drug-likeness (QED) is 0.314. The summed E-state index contributed by atoms with van der Waals surface area (Å²) in [5.74, 6) is 0. The Hall–Kier alpha value is -2.35. The normalized spacial score (nSPS) is 10.7. The highest BCUT2D eigenvalue weighted by Crippen LogP contribution is 2.46. The molecule has 0 aliphatic carbocycles. The topological polar surface area (TPSA) is 0 Å². The minimum atomic E-state index is 0.747. The zero-order chi connectivity index (χ0) is 17.9. The molecule has 0 unspecified atom stereocenters. The van der Waals surface area contributed by atoms with Crippen molar-refractivity contribution in [3.63, 3.8) is 0 Å². The molecule has 4 aromatic carbocycles. The smallest absolute Gasteiger partial charge is 0.0497 e. The molecule has 0 radical (unpaired) electrons. The Morgan fingerprint density at radius 3 is 1.46 bits per heavy atom. The van der Waals surface area contributed by atoms with Crippen LogP contribution >= 0.6 is 27.5 Å². The molecule has 0 aliphatic rings. The van der Waals surface area contributed by atoms with Crippen molar-refractivity contribution in [1.82, 2.24) is 0 Å². The Morgan fingerprint density at radius 1 is 0.538 bits per heavy atom. The van der Waals surface area contributed by atoms with Gasteiger partial charge in [0.15, 0.2) is 0 Å². The fourth-order valence-corrected chi connectivity index (χ4v) is 4.30. The van der Waals surface area contributed by atoms with Gasteiger partial charge in [-0.1, -0.05) is 103 Å². The van der Waals surface area contributed by atoms with Crippen molar-refractivity contribution in [2.24, 2.45) is 0 Å². The SMILES string of the molecule is Clc1cc(-c2ccccc2)c(Br)c(-c2ccccc2)c1-c1ccccc1. The van der Waals surface area contributed by atoms with E-state index in [0.717, 1.165) is 42.9 Å². The number of benzene rings is 4. The van der Waals surface area contributed by atoms with Crippen molar-refractivity contribution >= 4 is 27.5 Å². The molecule has 0 heterocycles. The van der Waals surface area contributed by atoms with Gasteiger partial charge in [0.25, 0.3) is 0 Å². The van der Waals surface area contributed by atoms with E-state index >= 15 is 0 Å². The number of hydrogen-bond acceptors (Lipinski definition) is 0. The van der Waals surface area contributed by atoms with Crippen molar-refractivity contribution in [3.05, 3.63) is 107 Å².